The molecule has 0 unspecified atom stereocenters. The first-order chi connectivity index (χ1) is 13.0. The van der Waals surface area contributed by atoms with Crippen LogP contribution in [0.25, 0.3) is 6.08 Å². The summed E-state index contributed by atoms with van der Waals surface area (Å²) < 4.78 is 16.4. The molecule has 2 aromatic rings. The van der Waals surface area contributed by atoms with Crippen molar-refractivity contribution in [1.82, 2.24) is 10.5 Å². The van der Waals surface area contributed by atoms with Gasteiger partial charge in [-0.05, 0) is 50.5 Å². The number of hydrogen-bond acceptors (Lipinski definition) is 5. The van der Waals surface area contributed by atoms with Crippen LogP contribution in [0.2, 0.25) is 0 Å². The molecule has 0 aliphatic carbocycles. The van der Waals surface area contributed by atoms with Crippen molar-refractivity contribution in [3.63, 3.8) is 0 Å². The Bertz CT molecular complexity index is 772. The summed E-state index contributed by atoms with van der Waals surface area (Å²) in [4.78, 5) is 12.0. The molecule has 1 aromatic heterocycles. The van der Waals surface area contributed by atoms with Gasteiger partial charge in [-0.1, -0.05) is 25.1 Å². The third kappa shape index (κ3) is 5.61. The second-order valence-electron chi connectivity index (χ2n) is 6.36. The lowest BCUT2D eigenvalue weighted by molar-refractivity contribution is -0.117. The fourth-order valence-corrected chi connectivity index (χ4v) is 2.68. The highest BCUT2D eigenvalue weighted by Gasteiger charge is 2.12. The predicted octanol–water partition coefficient (Wildman–Crippen LogP) is 4.20. The fraction of sp³-hybridized carbons (Fsp3) is 0.429. The summed E-state index contributed by atoms with van der Waals surface area (Å²) in [6.07, 6.45) is 5.14. The number of aromatic nitrogens is 1. The summed E-state index contributed by atoms with van der Waals surface area (Å²) in [5, 5.41) is 6.90. The van der Waals surface area contributed by atoms with E-state index in [2.05, 4.69) is 24.3 Å². The van der Waals surface area contributed by atoms with Crippen molar-refractivity contribution in [3.05, 3.63) is 46.9 Å². The highest BCUT2D eigenvalue weighted by atomic mass is 16.5. The number of benzene rings is 1. The van der Waals surface area contributed by atoms with Gasteiger partial charge in [-0.25, -0.2) is 0 Å². The van der Waals surface area contributed by atoms with Crippen molar-refractivity contribution in [2.75, 3.05) is 7.11 Å². The van der Waals surface area contributed by atoms with E-state index in [0.717, 1.165) is 35.4 Å². The quantitative estimate of drug-likeness (QED) is 0.668. The molecule has 2 rings (SSSR count). The normalized spacial score (nSPS) is 11.2. The Morgan fingerprint density at radius 3 is 2.59 bits per heavy atom. The van der Waals surface area contributed by atoms with Crippen LogP contribution in [0.4, 0.5) is 0 Å². The Morgan fingerprint density at radius 2 is 2.00 bits per heavy atom. The first-order valence-electron chi connectivity index (χ1n) is 9.19. The van der Waals surface area contributed by atoms with Gasteiger partial charge in [0.1, 0.15) is 12.4 Å². The Balaban J connectivity index is 2.05. The second-order valence-corrected chi connectivity index (χ2v) is 6.36. The number of aryl methyl sites for hydroxylation is 2. The molecule has 0 atom stereocenters. The maximum atomic E-state index is 12.0. The first-order valence-corrected chi connectivity index (χ1v) is 9.19. The molecule has 0 aliphatic rings. The van der Waals surface area contributed by atoms with E-state index in [9.17, 15) is 4.79 Å². The van der Waals surface area contributed by atoms with Crippen LogP contribution in [-0.4, -0.2) is 24.2 Å². The van der Waals surface area contributed by atoms with E-state index in [0.29, 0.717) is 18.1 Å². The zero-order valence-electron chi connectivity index (χ0n) is 16.7. The van der Waals surface area contributed by atoms with Gasteiger partial charge in [0.2, 0.25) is 5.91 Å². The molecule has 0 saturated carbocycles. The molecule has 6 heteroatoms. The Hall–Kier alpha value is -2.76. The zero-order chi connectivity index (χ0) is 19.8. The summed E-state index contributed by atoms with van der Waals surface area (Å²) in [6, 6.07) is 5.75. The molecule has 0 radical (unpaired) electrons. The van der Waals surface area contributed by atoms with Crippen molar-refractivity contribution in [2.24, 2.45) is 0 Å². The number of hydrogen-bond donors (Lipinski definition) is 1. The van der Waals surface area contributed by atoms with Crippen LogP contribution in [0.15, 0.2) is 28.8 Å². The van der Waals surface area contributed by atoms with Crippen molar-refractivity contribution >= 4 is 12.0 Å². The number of carbonyl (C=O) groups is 1. The molecular weight excluding hydrogens is 344 g/mol. The Labute approximate surface area is 160 Å². The van der Waals surface area contributed by atoms with Crippen LogP contribution < -0.4 is 14.8 Å². The minimum Gasteiger partial charge on any atom is -0.493 e. The SMILES string of the molecule is CCC(CC)NC(=O)/C=C/c1ccc(OCc2c(C)noc2C)c(OC)c1. The van der Waals surface area contributed by atoms with Gasteiger partial charge in [0.15, 0.2) is 11.5 Å². The average molecular weight is 372 g/mol. The standard InChI is InChI=1S/C21H28N2O4/c1-6-17(7-2)22-21(24)11-9-16-8-10-19(20(12-16)25-5)26-13-18-14(3)23-27-15(18)4/h8-12,17H,6-7,13H2,1-5H3,(H,22,24)/b11-9+. The topological polar surface area (TPSA) is 73.6 Å². The number of methoxy groups -OCH3 is 1. The molecule has 0 fully saturated rings. The number of rotatable bonds is 9. The molecule has 0 aliphatic heterocycles. The average Bonchev–Trinajstić information content (AvgIpc) is 3.00. The fourth-order valence-electron chi connectivity index (χ4n) is 2.68. The molecular formula is C21H28N2O4. The van der Waals surface area contributed by atoms with Crippen molar-refractivity contribution in [2.45, 2.75) is 53.2 Å². The molecule has 146 valence electrons. The minimum absolute atomic E-state index is 0.0959. The maximum absolute atomic E-state index is 12.0. The number of nitrogens with one attached hydrogen (secondary N) is 1. The third-order valence-corrected chi connectivity index (χ3v) is 4.50. The van der Waals surface area contributed by atoms with Gasteiger partial charge >= 0.3 is 0 Å². The Morgan fingerprint density at radius 1 is 1.26 bits per heavy atom. The van der Waals surface area contributed by atoms with Crippen molar-refractivity contribution < 1.29 is 18.8 Å². The van der Waals surface area contributed by atoms with Gasteiger partial charge in [-0.15, -0.1) is 0 Å². The van der Waals surface area contributed by atoms with Gasteiger partial charge in [-0.3, -0.25) is 4.79 Å². The summed E-state index contributed by atoms with van der Waals surface area (Å²) in [6.45, 7) is 8.21. The van der Waals surface area contributed by atoms with Gasteiger partial charge < -0.3 is 19.3 Å². The van der Waals surface area contributed by atoms with Crippen molar-refractivity contribution in [3.8, 4) is 11.5 Å². The maximum Gasteiger partial charge on any atom is 0.244 e. The van der Waals surface area contributed by atoms with Gasteiger partial charge in [0.05, 0.1) is 18.4 Å². The summed E-state index contributed by atoms with van der Waals surface area (Å²) in [7, 11) is 1.59. The van der Waals surface area contributed by atoms with Gasteiger partial charge in [0, 0.05) is 12.1 Å². The van der Waals surface area contributed by atoms with Crippen LogP contribution in [0, 0.1) is 13.8 Å². The monoisotopic (exact) mass is 372 g/mol. The molecule has 0 bridgehead atoms. The van der Waals surface area contributed by atoms with E-state index in [1.165, 1.54) is 6.08 Å². The molecule has 1 aromatic carbocycles. The van der Waals surface area contributed by atoms with E-state index in [-0.39, 0.29) is 11.9 Å². The second kappa shape index (κ2) is 9.80. The molecule has 0 spiro atoms. The summed E-state index contributed by atoms with van der Waals surface area (Å²) >= 11 is 0. The number of carbonyl (C=O) groups excluding carboxylic acids is 1. The van der Waals surface area contributed by atoms with Gasteiger partial charge in [-0.2, -0.15) is 0 Å². The molecule has 0 saturated heterocycles. The summed E-state index contributed by atoms with van der Waals surface area (Å²) in [5.74, 6) is 1.87. The van der Waals surface area contributed by atoms with Crippen LogP contribution in [0.3, 0.4) is 0 Å². The lowest BCUT2D eigenvalue weighted by atomic mass is 10.1. The van der Waals surface area contributed by atoms with Crippen molar-refractivity contribution in [1.29, 1.82) is 0 Å². The highest BCUT2D eigenvalue weighted by Crippen LogP contribution is 2.30. The molecule has 1 amide bonds. The van der Waals surface area contributed by atoms with E-state index < -0.39 is 0 Å². The smallest absolute Gasteiger partial charge is 0.244 e. The zero-order valence-corrected chi connectivity index (χ0v) is 16.7. The van der Waals surface area contributed by atoms with E-state index in [4.69, 9.17) is 14.0 Å². The van der Waals surface area contributed by atoms with Gasteiger partial charge in [0.25, 0.3) is 0 Å². The largest absolute Gasteiger partial charge is 0.493 e. The molecule has 1 heterocycles. The third-order valence-electron chi connectivity index (χ3n) is 4.50. The van der Waals surface area contributed by atoms with E-state index in [1.54, 1.807) is 13.2 Å². The van der Waals surface area contributed by atoms with Crippen LogP contribution >= 0.6 is 0 Å². The first kappa shape index (κ1) is 20.6. The molecule has 27 heavy (non-hydrogen) atoms. The van der Waals surface area contributed by atoms with E-state index in [1.807, 2.05) is 32.0 Å². The van der Waals surface area contributed by atoms with Crippen LogP contribution in [0.1, 0.15) is 49.3 Å². The van der Waals surface area contributed by atoms with E-state index >= 15 is 0 Å². The molecule has 6 nitrogen and oxygen atoms in total. The summed E-state index contributed by atoms with van der Waals surface area (Å²) in [5.41, 5.74) is 2.60. The molecule has 1 N–H and O–H groups in total. The van der Waals surface area contributed by atoms with Crippen LogP contribution in [-0.2, 0) is 11.4 Å². The predicted molar refractivity (Wildman–Crippen MR) is 105 cm³/mol. The van der Waals surface area contributed by atoms with Crippen LogP contribution in [0.5, 0.6) is 11.5 Å². The number of ether oxygens (including phenoxy) is 2. The number of amides is 1. The minimum atomic E-state index is -0.0959. The Kier molecular flexibility index (Phi) is 7.46. The lowest BCUT2D eigenvalue weighted by Gasteiger charge is -2.13. The number of nitrogens with zero attached hydrogens (tertiary/aromatic N) is 1. The highest BCUT2D eigenvalue weighted by molar-refractivity contribution is 5.92. The lowest BCUT2D eigenvalue weighted by Crippen LogP contribution is -2.32.